The lowest BCUT2D eigenvalue weighted by Crippen LogP contribution is -2.38. The minimum Gasteiger partial charge on any atom is -0.462 e. The predicted octanol–water partition coefficient (Wildman–Crippen LogP) is 2.02. The number of rotatable bonds is 9. The summed E-state index contributed by atoms with van der Waals surface area (Å²) in [6.07, 6.45) is 3.20. The zero-order chi connectivity index (χ0) is 23.5. The third-order valence-electron chi connectivity index (χ3n) is 5.25. The fourth-order valence-electron chi connectivity index (χ4n) is 3.34. The fraction of sp³-hybridized carbons (Fsp3) is 0.435. The zero-order valence-corrected chi connectivity index (χ0v) is 19.3. The second kappa shape index (κ2) is 12.7. The lowest BCUT2D eigenvalue weighted by atomic mass is 10.2. The molecule has 33 heavy (non-hydrogen) atoms. The number of nitrogens with zero attached hydrogens (tertiary/aromatic N) is 4. The van der Waals surface area contributed by atoms with Gasteiger partial charge in [0.2, 0.25) is 0 Å². The molecule has 0 unspecified atom stereocenters. The Balaban J connectivity index is 0.000000231. The molecule has 0 saturated carbocycles. The van der Waals surface area contributed by atoms with Crippen molar-refractivity contribution in [2.45, 2.75) is 0 Å². The number of hydrogen-bond acceptors (Lipinski definition) is 9. The number of nitrogens with one attached hydrogen (secondary N) is 2. The molecule has 3 aromatic rings. The van der Waals surface area contributed by atoms with Crippen LogP contribution in [0.3, 0.4) is 0 Å². The number of nitrogen functional groups attached to an aromatic ring is 1. The molecule has 0 radical (unpaired) electrons. The molecule has 1 aliphatic rings. The minimum absolute atomic E-state index is 0.313. The number of para-hydroxylation sites is 1. The summed E-state index contributed by atoms with van der Waals surface area (Å²) in [4.78, 5) is 15.8. The molecule has 0 atom stereocenters. The van der Waals surface area contributed by atoms with Crippen LogP contribution in [0.25, 0.3) is 10.9 Å². The molecule has 4 N–H and O–H groups in total. The molecule has 1 saturated heterocycles. The van der Waals surface area contributed by atoms with E-state index in [9.17, 15) is 0 Å². The van der Waals surface area contributed by atoms with E-state index in [4.69, 9.17) is 25.4 Å². The van der Waals surface area contributed by atoms with E-state index in [1.165, 1.54) is 6.21 Å². The molecule has 178 valence electrons. The van der Waals surface area contributed by atoms with Crippen LogP contribution in [-0.2, 0) is 9.47 Å². The quantitative estimate of drug-likeness (QED) is 0.419. The fourth-order valence-corrected chi connectivity index (χ4v) is 3.34. The average Bonchev–Trinajstić information content (AvgIpc) is 3.26. The maximum Gasteiger partial charge on any atom is 0.320 e. The van der Waals surface area contributed by atoms with Crippen LogP contribution in [0.4, 0.5) is 11.6 Å². The van der Waals surface area contributed by atoms with Gasteiger partial charge in [-0.15, -0.1) is 0 Å². The Morgan fingerprint density at radius 2 is 2.03 bits per heavy atom. The molecule has 10 heteroatoms. The highest BCUT2D eigenvalue weighted by Crippen LogP contribution is 2.17. The summed E-state index contributed by atoms with van der Waals surface area (Å²) in [6.45, 7) is 6.14. The first kappa shape index (κ1) is 24.4. The van der Waals surface area contributed by atoms with Crippen LogP contribution in [0.1, 0.15) is 5.56 Å². The van der Waals surface area contributed by atoms with E-state index >= 15 is 0 Å². The summed E-state index contributed by atoms with van der Waals surface area (Å²) in [5.74, 6) is 1.13. The first-order chi connectivity index (χ1) is 16.1. The molecule has 1 aliphatic heterocycles. The van der Waals surface area contributed by atoms with Crippen LogP contribution < -0.4 is 15.4 Å². The highest BCUT2D eigenvalue weighted by atomic mass is 16.5. The lowest BCUT2D eigenvalue weighted by Gasteiger charge is -2.26. The van der Waals surface area contributed by atoms with Crippen LogP contribution in [0.5, 0.6) is 6.01 Å². The van der Waals surface area contributed by atoms with Gasteiger partial charge in [0, 0.05) is 75.3 Å². The maximum absolute atomic E-state index is 7.10. The number of aromatic amines is 1. The van der Waals surface area contributed by atoms with Gasteiger partial charge in [0.05, 0.1) is 19.8 Å². The summed E-state index contributed by atoms with van der Waals surface area (Å²) in [7, 11) is 3.60. The van der Waals surface area contributed by atoms with Crippen LogP contribution in [0, 0.1) is 5.41 Å². The number of hydrogen-bond donors (Lipinski definition) is 3. The molecule has 0 amide bonds. The second-order valence-corrected chi connectivity index (χ2v) is 7.58. The van der Waals surface area contributed by atoms with Gasteiger partial charge in [-0.3, -0.25) is 4.90 Å². The smallest absolute Gasteiger partial charge is 0.320 e. The maximum atomic E-state index is 7.10. The number of morpholine rings is 1. The topological polar surface area (TPSA) is 126 Å². The van der Waals surface area contributed by atoms with Crippen molar-refractivity contribution >= 4 is 28.8 Å². The van der Waals surface area contributed by atoms with Crippen LogP contribution in [0.15, 0.2) is 36.5 Å². The lowest BCUT2D eigenvalue weighted by molar-refractivity contribution is 0.0317. The number of H-pyrrole nitrogens is 1. The average molecular weight is 456 g/mol. The first-order valence-corrected chi connectivity index (χ1v) is 10.9. The number of methoxy groups -OCH3 is 1. The van der Waals surface area contributed by atoms with Crippen molar-refractivity contribution in [1.29, 1.82) is 5.41 Å². The highest BCUT2D eigenvalue weighted by molar-refractivity contribution is 5.97. The van der Waals surface area contributed by atoms with Gasteiger partial charge in [-0.25, -0.2) is 0 Å². The Labute approximate surface area is 194 Å². The Morgan fingerprint density at radius 3 is 2.79 bits per heavy atom. The molecular formula is C23H33N7O3. The molecule has 1 fully saturated rings. The Hall–Kier alpha value is -3.21. The monoisotopic (exact) mass is 455 g/mol. The van der Waals surface area contributed by atoms with E-state index in [2.05, 4.69) is 19.9 Å². The minimum atomic E-state index is 0.313. The number of fused-ring (bicyclic) bond motifs is 1. The third kappa shape index (κ3) is 7.41. The molecule has 1 aromatic carbocycles. The zero-order valence-electron chi connectivity index (χ0n) is 19.3. The Morgan fingerprint density at radius 1 is 1.24 bits per heavy atom. The second-order valence-electron chi connectivity index (χ2n) is 7.58. The summed E-state index contributed by atoms with van der Waals surface area (Å²) in [6, 6.07) is 10.0. The number of benzene rings is 1. The van der Waals surface area contributed by atoms with Gasteiger partial charge in [0.25, 0.3) is 0 Å². The van der Waals surface area contributed by atoms with E-state index in [1.807, 2.05) is 42.4 Å². The van der Waals surface area contributed by atoms with E-state index in [0.717, 1.165) is 61.7 Å². The SMILES string of the molecule is COCCN(C)c1cc(N)nc(OCCN2CCOCC2)n1.N=Cc1c[nH]c2ccccc12. The Bertz CT molecular complexity index is 1000. The molecule has 3 heterocycles. The van der Waals surface area contributed by atoms with Crippen molar-refractivity contribution in [1.82, 2.24) is 19.9 Å². The van der Waals surface area contributed by atoms with Crippen molar-refractivity contribution in [3.8, 4) is 6.01 Å². The number of nitrogens with two attached hydrogens (primary N) is 1. The molecule has 0 bridgehead atoms. The summed E-state index contributed by atoms with van der Waals surface area (Å²) in [5.41, 5.74) is 7.86. The predicted molar refractivity (Wildman–Crippen MR) is 131 cm³/mol. The molecule has 0 aliphatic carbocycles. The molecule has 10 nitrogen and oxygen atoms in total. The summed E-state index contributed by atoms with van der Waals surface area (Å²) >= 11 is 0. The van der Waals surface area contributed by atoms with Crippen molar-refractivity contribution in [3.05, 3.63) is 42.1 Å². The third-order valence-corrected chi connectivity index (χ3v) is 5.25. The summed E-state index contributed by atoms with van der Waals surface area (Å²) < 4.78 is 16.0. The molecule has 0 spiro atoms. The van der Waals surface area contributed by atoms with E-state index in [-0.39, 0.29) is 0 Å². The van der Waals surface area contributed by atoms with Gasteiger partial charge >= 0.3 is 6.01 Å². The molecule has 2 aromatic heterocycles. The van der Waals surface area contributed by atoms with Crippen LogP contribution >= 0.6 is 0 Å². The van der Waals surface area contributed by atoms with E-state index in [0.29, 0.717) is 25.0 Å². The van der Waals surface area contributed by atoms with Crippen molar-refractivity contribution < 1.29 is 14.2 Å². The van der Waals surface area contributed by atoms with Crippen molar-refractivity contribution in [2.24, 2.45) is 0 Å². The van der Waals surface area contributed by atoms with Gasteiger partial charge in [-0.05, 0) is 6.07 Å². The largest absolute Gasteiger partial charge is 0.462 e. The number of ether oxygens (including phenoxy) is 3. The van der Waals surface area contributed by atoms with Crippen LogP contribution in [-0.4, -0.2) is 92.8 Å². The Kier molecular flexibility index (Phi) is 9.43. The van der Waals surface area contributed by atoms with E-state index in [1.54, 1.807) is 13.2 Å². The van der Waals surface area contributed by atoms with Crippen LogP contribution in [0.2, 0.25) is 0 Å². The van der Waals surface area contributed by atoms with Gasteiger partial charge in [0.1, 0.15) is 18.2 Å². The van der Waals surface area contributed by atoms with Gasteiger partial charge < -0.3 is 35.2 Å². The van der Waals surface area contributed by atoms with Gasteiger partial charge in [0.15, 0.2) is 0 Å². The van der Waals surface area contributed by atoms with Crippen molar-refractivity contribution in [2.75, 3.05) is 77.4 Å². The number of aromatic nitrogens is 3. The first-order valence-electron chi connectivity index (χ1n) is 10.9. The number of anilines is 2. The molecular weight excluding hydrogens is 422 g/mol. The van der Waals surface area contributed by atoms with Crippen molar-refractivity contribution in [3.63, 3.8) is 0 Å². The molecule has 4 rings (SSSR count). The standard InChI is InChI=1S/C14H25N5O3.C9H8N2/c1-18(3-7-20-2)13-11-12(15)16-14(17-13)22-10-6-19-4-8-21-9-5-19;10-5-7-6-11-9-4-2-1-3-8(7)9/h11H,3-10H2,1-2H3,(H2,15,16,17);1-6,10-11H. The van der Waals surface area contributed by atoms with Gasteiger partial charge in [-0.2, -0.15) is 9.97 Å². The number of likely N-dealkylation sites (N-methyl/N-ethyl adjacent to an activating group) is 1. The normalized spacial score (nSPS) is 13.9. The van der Waals surface area contributed by atoms with Gasteiger partial charge in [-0.1, -0.05) is 18.2 Å². The van der Waals surface area contributed by atoms with E-state index < -0.39 is 0 Å². The summed E-state index contributed by atoms with van der Waals surface area (Å²) in [5, 5.41) is 8.21. The highest BCUT2D eigenvalue weighted by Gasteiger charge is 2.12.